The van der Waals surface area contributed by atoms with Crippen LogP contribution < -0.4 is 5.73 Å². The van der Waals surface area contributed by atoms with E-state index in [-0.39, 0.29) is 6.04 Å². The molecule has 0 aliphatic carbocycles. The highest BCUT2D eigenvalue weighted by Crippen LogP contribution is 2.02. The molecule has 0 saturated heterocycles. The lowest BCUT2D eigenvalue weighted by atomic mass is 10.1. The van der Waals surface area contributed by atoms with Crippen molar-refractivity contribution in [3.63, 3.8) is 0 Å². The Morgan fingerprint density at radius 2 is 2.58 bits per heavy atom. The molecule has 1 rings (SSSR count). The van der Waals surface area contributed by atoms with Crippen molar-refractivity contribution in [1.82, 2.24) is 9.78 Å². The third kappa shape index (κ3) is 2.51. The van der Waals surface area contributed by atoms with Gasteiger partial charge in [-0.3, -0.25) is 0 Å². The van der Waals surface area contributed by atoms with Crippen LogP contribution in [0.15, 0.2) is 19.0 Å². The molecule has 1 heterocycles. The van der Waals surface area contributed by atoms with Crippen molar-refractivity contribution in [2.75, 3.05) is 0 Å². The predicted octanol–water partition coefficient (Wildman–Crippen LogP) is 1.26. The Kier molecular flexibility index (Phi) is 3.05. The summed E-state index contributed by atoms with van der Waals surface area (Å²) in [5.41, 5.74) is 6.85. The van der Waals surface area contributed by atoms with E-state index in [4.69, 9.17) is 5.73 Å². The zero-order chi connectivity index (χ0) is 8.97. The van der Waals surface area contributed by atoms with Crippen LogP contribution in [-0.2, 0) is 6.42 Å². The second-order valence-corrected chi connectivity index (χ2v) is 3.03. The molecule has 0 radical (unpaired) electrons. The molecule has 1 atom stereocenters. The van der Waals surface area contributed by atoms with Gasteiger partial charge in [0, 0.05) is 18.4 Å². The summed E-state index contributed by atoms with van der Waals surface area (Å²) in [6.45, 7) is 5.63. The smallest absolute Gasteiger partial charge is 0.0525 e. The second kappa shape index (κ2) is 4.07. The van der Waals surface area contributed by atoms with Gasteiger partial charge in [0.25, 0.3) is 0 Å². The number of aryl methyl sites for hydroxylation is 1. The first-order valence-corrected chi connectivity index (χ1v) is 4.13. The highest BCUT2D eigenvalue weighted by Gasteiger charge is 1.98. The van der Waals surface area contributed by atoms with E-state index in [1.54, 1.807) is 10.9 Å². The summed E-state index contributed by atoms with van der Waals surface area (Å²) in [5.74, 6) is 0. The van der Waals surface area contributed by atoms with Crippen LogP contribution in [0.2, 0.25) is 0 Å². The Morgan fingerprint density at radius 1 is 1.83 bits per heavy atom. The van der Waals surface area contributed by atoms with Gasteiger partial charge in [-0.25, -0.2) is 4.68 Å². The molecule has 3 nitrogen and oxygen atoms in total. The lowest BCUT2D eigenvalue weighted by Crippen LogP contribution is -2.15. The SMILES string of the molecule is C=Cn1cc(CC[C@@H](C)N)cn1. The molecule has 12 heavy (non-hydrogen) atoms. The number of aromatic nitrogens is 2. The van der Waals surface area contributed by atoms with Gasteiger partial charge in [-0.2, -0.15) is 5.10 Å². The van der Waals surface area contributed by atoms with E-state index in [1.165, 1.54) is 5.56 Å². The lowest BCUT2D eigenvalue weighted by Gasteiger charge is -2.00. The van der Waals surface area contributed by atoms with E-state index >= 15 is 0 Å². The summed E-state index contributed by atoms with van der Waals surface area (Å²) in [6.07, 6.45) is 7.49. The number of nitrogens with two attached hydrogens (primary N) is 1. The van der Waals surface area contributed by atoms with Gasteiger partial charge < -0.3 is 5.73 Å². The van der Waals surface area contributed by atoms with Crippen LogP contribution in [-0.4, -0.2) is 15.8 Å². The summed E-state index contributed by atoms with van der Waals surface area (Å²) < 4.78 is 1.70. The molecule has 0 aliphatic rings. The van der Waals surface area contributed by atoms with Crippen molar-refractivity contribution in [3.8, 4) is 0 Å². The van der Waals surface area contributed by atoms with Gasteiger partial charge in [0.15, 0.2) is 0 Å². The molecule has 0 fully saturated rings. The van der Waals surface area contributed by atoms with Crippen molar-refractivity contribution in [1.29, 1.82) is 0 Å². The van der Waals surface area contributed by atoms with Gasteiger partial charge in [0.2, 0.25) is 0 Å². The quantitative estimate of drug-likeness (QED) is 0.730. The Morgan fingerprint density at radius 3 is 3.08 bits per heavy atom. The minimum atomic E-state index is 0.261. The normalized spacial score (nSPS) is 12.8. The molecule has 2 N–H and O–H groups in total. The van der Waals surface area contributed by atoms with Crippen molar-refractivity contribution >= 4 is 6.20 Å². The van der Waals surface area contributed by atoms with Gasteiger partial charge in [0.1, 0.15) is 0 Å². The average Bonchev–Trinajstić information content (AvgIpc) is 2.48. The van der Waals surface area contributed by atoms with Gasteiger partial charge in [-0.05, 0) is 25.3 Å². The molecule has 0 bridgehead atoms. The first-order valence-electron chi connectivity index (χ1n) is 4.13. The molecule has 0 aliphatic heterocycles. The Labute approximate surface area is 72.9 Å². The van der Waals surface area contributed by atoms with Crippen LogP contribution in [0.4, 0.5) is 0 Å². The maximum Gasteiger partial charge on any atom is 0.0525 e. The Hall–Kier alpha value is -1.09. The Bertz CT molecular complexity index is 250. The average molecular weight is 165 g/mol. The highest BCUT2D eigenvalue weighted by molar-refractivity contribution is 5.17. The van der Waals surface area contributed by atoms with Gasteiger partial charge in [-0.1, -0.05) is 6.58 Å². The molecule has 0 amide bonds. The molecular formula is C9H15N3. The summed E-state index contributed by atoms with van der Waals surface area (Å²) in [7, 11) is 0. The number of hydrogen-bond donors (Lipinski definition) is 1. The molecule has 0 unspecified atom stereocenters. The van der Waals surface area contributed by atoms with E-state index in [1.807, 2.05) is 19.3 Å². The van der Waals surface area contributed by atoms with Crippen LogP contribution in [0.25, 0.3) is 6.20 Å². The molecule has 1 aromatic heterocycles. The maximum absolute atomic E-state index is 5.63. The summed E-state index contributed by atoms with van der Waals surface area (Å²) in [6, 6.07) is 0.261. The van der Waals surface area contributed by atoms with E-state index in [0.29, 0.717) is 0 Å². The highest BCUT2D eigenvalue weighted by atomic mass is 15.2. The van der Waals surface area contributed by atoms with Gasteiger partial charge >= 0.3 is 0 Å². The molecule has 0 aromatic carbocycles. The van der Waals surface area contributed by atoms with E-state index in [9.17, 15) is 0 Å². The minimum Gasteiger partial charge on any atom is -0.328 e. The molecule has 0 spiro atoms. The summed E-state index contributed by atoms with van der Waals surface area (Å²) in [4.78, 5) is 0. The first kappa shape index (κ1) is 9.00. The van der Waals surface area contributed by atoms with Crippen molar-refractivity contribution < 1.29 is 0 Å². The second-order valence-electron chi connectivity index (χ2n) is 3.03. The zero-order valence-electron chi connectivity index (χ0n) is 7.40. The molecule has 1 aromatic rings. The van der Waals surface area contributed by atoms with Crippen LogP contribution in [0.3, 0.4) is 0 Å². The van der Waals surface area contributed by atoms with Crippen molar-refractivity contribution in [2.45, 2.75) is 25.8 Å². The largest absolute Gasteiger partial charge is 0.328 e. The predicted molar refractivity (Wildman–Crippen MR) is 50.6 cm³/mol. The third-order valence-electron chi connectivity index (χ3n) is 1.73. The lowest BCUT2D eigenvalue weighted by molar-refractivity contribution is 0.666. The first-order chi connectivity index (χ1) is 5.72. The fourth-order valence-electron chi connectivity index (χ4n) is 1.00. The van der Waals surface area contributed by atoms with Crippen molar-refractivity contribution in [3.05, 3.63) is 24.5 Å². The van der Waals surface area contributed by atoms with Crippen LogP contribution in [0, 0.1) is 0 Å². The molecule has 0 saturated carbocycles. The summed E-state index contributed by atoms with van der Waals surface area (Å²) >= 11 is 0. The zero-order valence-corrected chi connectivity index (χ0v) is 7.40. The fourth-order valence-corrected chi connectivity index (χ4v) is 1.00. The van der Waals surface area contributed by atoms with Crippen molar-refractivity contribution in [2.24, 2.45) is 5.73 Å². The van der Waals surface area contributed by atoms with E-state index < -0.39 is 0 Å². The molecule has 3 heteroatoms. The fraction of sp³-hybridized carbons (Fsp3) is 0.444. The number of hydrogen-bond acceptors (Lipinski definition) is 2. The number of rotatable bonds is 4. The number of nitrogens with zero attached hydrogens (tertiary/aromatic N) is 2. The van der Waals surface area contributed by atoms with E-state index in [0.717, 1.165) is 12.8 Å². The van der Waals surface area contributed by atoms with Gasteiger partial charge in [0.05, 0.1) is 6.20 Å². The summed E-state index contributed by atoms with van der Waals surface area (Å²) in [5, 5.41) is 4.07. The van der Waals surface area contributed by atoms with Gasteiger partial charge in [-0.15, -0.1) is 0 Å². The molecular weight excluding hydrogens is 150 g/mol. The topological polar surface area (TPSA) is 43.8 Å². The Balaban J connectivity index is 2.47. The third-order valence-corrected chi connectivity index (χ3v) is 1.73. The minimum absolute atomic E-state index is 0.261. The standard InChI is InChI=1S/C9H15N3/c1-3-12-7-9(6-11-12)5-4-8(2)10/h3,6-8H,1,4-5,10H2,2H3/t8-/m1/s1. The van der Waals surface area contributed by atoms with Crippen LogP contribution in [0.1, 0.15) is 18.9 Å². The monoisotopic (exact) mass is 165 g/mol. The van der Waals surface area contributed by atoms with Crippen LogP contribution >= 0.6 is 0 Å². The van der Waals surface area contributed by atoms with E-state index in [2.05, 4.69) is 11.7 Å². The maximum atomic E-state index is 5.63. The van der Waals surface area contributed by atoms with Crippen LogP contribution in [0.5, 0.6) is 0 Å². The molecule has 66 valence electrons.